The van der Waals surface area contributed by atoms with E-state index < -0.39 is 0 Å². The Morgan fingerprint density at radius 1 is 1.30 bits per heavy atom. The van der Waals surface area contributed by atoms with Gasteiger partial charge in [0.2, 0.25) is 5.91 Å². The van der Waals surface area contributed by atoms with Crippen molar-refractivity contribution in [2.24, 2.45) is 0 Å². The molecule has 2 rings (SSSR count). The number of carbonyl (C=O) groups excluding carboxylic acids is 3. The molecule has 1 aliphatic heterocycles. The van der Waals surface area contributed by atoms with Crippen LogP contribution >= 0.6 is 0 Å². The van der Waals surface area contributed by atoms with E-state index in [2.05, 4.69) is 0 Å². The summed E-state index contributed by atoms with van der Waals surface area (Å²) in [7, 11) is 0. The molecule has 1 amide bonds. The van der Waals surface area contributed by atoms with E-state index in [1.807, 2.05) is 6.07 Å². The summed E-state index contributed by atoms with van der Waals surface area (Å²) in [6.07, 6.45) is 1.24. The Hall–Kier alpha value is -2.17. The summed E-state index contributed by atoms with van der Waals surface area (Å²) in [5.41, 5.74) is 2.51. The number of hydrogen-bond acceptors (Lipinski definition) is 4. The largest absolute Gasteiger partial charge is 0.462 e. The van der Waals surface area contributed by atoms with Crippen molar-refractivity contribution in [2.75, 3.05) is 6.61 Å². The third-order valence-corrected chi connectivity index (χ3v) is 3.27. The second kappa shape index (κ2) is 6.32. The highest BCUT2D eigenvalue weighted by molar-refractivity contribution is 5.90. The molecule has 0 fully saturated rings. The second-order valence-electron chi connectivity index (χ2n) is 4.66. The maximum Gasteiger partial charge on any atom is 0.338 e. The SMILES string of the molecule is CCOC(=O)c1ccc2c(c1)CN(C(=O)CCC=O)C2. The highest BCUT2D eigenvalue weighted by Gasteiger charge is 2.23. The summed E-state index contributed by atoms with van der Waals surface area (Å²) in [4.78, 5) is 35.5. The Balaban J connectivity index is 2.07. The van der Waals surface area contributed by atoms with Crippen LogP contribution in [0.5, 0.6) is 0 Å². The summed E-state index contributed by atoms with van der Waals surface area (Å²) in [6, 6.07) is 5.35. The molecule has 1 aromatic rings. The van der Waals surface area contributed by atoms with E-state index in [1.165, 1.54) is 0 Å². The molecule has 1 aliphatic rings. The Kier molecular flexibility index (Phi) is 4.50. The fraction of sp³-hybridized carbons (Fsp3) is 0.400. The van der Waals surface area contributed by atoms with E-state index in [1.54, 1.807) is 24.0 Å². The molecule has 0 bridgehead atoms. The number of amides is 1. The molecule has 0 radical (unpaired) electrons. The number of fused-ring (bicyclic) bond motifs is 1. The normalized spacial score (nSPS) is 12.9. The van der Waals surface area contributed by atoms with Gasteiger partial charge in [-0.25, -0.2) is 4.79 Å². The number of benzene rings is 1. The first-order valence-corrected chi connectivity index (χ1v) is 6.66. The van der Waals surface area contributed by atoms with Crippen molar-refractivity contribution < 1.29 is 19.1 Å². The van der Waals surface area contributed by atoms with Crippen LogP contribution in [-0.2, 0) is 27.4 Å². The predicted molar refractivity (Wildman–Crippen MR) is 72.0 cm³/mol. The van der Waals surface area contributed by atoms with Crippen molar-refractivity contribution in [3.63, 3.8) is 0 Å². The van der Waals surface area contributed by atoms with Crippen molar-refractivity contribution >= 4 is 18.2 Å². The molecule has 1 aromatic carbocycles. The quantitative estimate of drug-likeness (QED) is 0.606. The van der Waals surface area contributed by atoms with Crippen LogP contribution in [-0.4, -0.2) is 29.7 Å². The smallest absolute Gasteiger partial charge is 0.338 e. The molecular weight excluding hydrogens is 258 g/mol. The average Bonchev–Trinajstić information content (AvgIpc) is 2.87. The number of carbonyl (C=O) groups is 3. The number of nitrogens with zero attached hydrogens (tertiary/aromatic N) is 1. The first-order valence-electron chi connectivity index (χ1n) is 6.66. The lowest BCUT2D eigenvalue weighted by Crippen LogP contribution is -2.24. The average molecular weight is 275 g/mol. The molecule has 0 N–H and O–H groups in total. The predicted octanol–water partition coefficient (Wildman–Crippen LogP) is 1.68. The van der Waals surface area contributed by atoms with Gasteiger partial charge >= 0.3 is 5.97 Å². The highest BCUT2D eigenvalue weighted by Crippen LogP contribution is 2.24. The van der Waals surface area contributed by atoms with E-state index >= 15 is 0 Å². The molecule has 5 nitrogen and oxygen atoms in total. The van der Waals surface area contributed by atoms with Crippen LogP contribution in [0.3, 0.4) is 0 Å². The number of hydrogen-bond donors (Lipinski definition) is 0. The fourth-order valence-electron chi connectivity index (χ4n) is 2.25. The van der Waals surface area contributed by atoms with Crippen LogP contribution in [0.25, 0.3) is 0 Å². The Morgan fingerprint density at radius 2 is 2.05 bits per heavy atom. The fourth-order valence-corrected chi connectivity index (χ4v) is 2.25. The standard InChI is InChI=1S/C15H17NO4/c1-2-20-15(19)11-5-6-12-9-16(10-13(12)8-11)14(18)4-3-7-17/h5-8H,2-4,9-10H2,1H3. The minimum Gasteiger partial charge on any atom is -0.462 e. The van der Waals surface area contributed by atoms with Crippen LogP contribution < -0.4 is 0 Å². The lowest BCUT2D eigenvalue weighted by atomic mass is 10.1. The molecule has 5 heteroatoms. The molecule has 0 atom stereocenters. The third kappa shape index (κ3) is 3.04. The van der Waals surface area contributed by atoms with Crippen LogP contribution in [0, 0.1) is 0 Å². The summed E-state index contributed by atoms with van der Waals surface area (Å²) in [5, 5.41) is 0. The summed E-state index contributed by atoms with van der Waals surface area (Å²) in [6.45, 7) is 3.13. The van der Waals surface area contributed by atoms with E-state index in [-0.39, 0.29) is 24.7 Å². The van der Waals surface area contributed by atoms with Gasteiger partial charge < -0.3 is 14.4 Å². The molecule has 106 valence electrons. The molecule has 0 saturated carbocycles. The lowest BCUT2D eigenvalue weighted by molar-refractivity contribution is -0.132. The molecule has 20 heavy (non-hydrogen) atoms. The monoisotopic (exact) mass is 275 g/mol. The van der Waals surface area contributed by atoms with Crippen molar-refractivity contribution in [1.82, 2.24) is 4.90 Å². The first kappa shape index (κ1) is 14.2. The maximum atomic E-state index is 11.9. The molecule has 0 unspecified atom stereocenters. The topological polar surface area (TPSA) is 63.7 Å². The van der Waals surface area contributed by atoms with Gasteiger partial charge in [0.05, 0.1) is 12.2 Å². The molecule has 0 saturated heterocycles. The van der Waals surface area contributed by atoms with E-state index in [0.29, 0.717) is 25.3 Å². The van der Waals surface area contributed by atoms with Gasteiger partial charge in [-0.05, 0) is 30.2 Å². The van der Waals surface area contributed by atoms with E-state index in [0.717, 1.165) is 17.4 Å². The number of esters is 1. The molecule has 1 heterocycles. The minimum atomic E-state index is -0.346. The zero-order valence-electron chi connectivity index (χ0n) is 11.4. The molecule has 0 spiro atoms. The summed E-state index contributed by atoms with van der Waals surface area (Å²) in [5.74, 6) is -0.382. The van der Waals surface area contributed by atoms with Crippen molar-refractivity contribution in [3.05, 3.63) is 34.9 Å². The van der Waals surface area contributed by atoms with Crippen LogP contribution in [0.4, 0.5) is 0 Å². The minimum absolute atomic E-state index is 0.0361. The van der Waals surface area contributed by atoms with Gasteiger partial charge in [0, 0.05) is 25.9 Å². The van der Waals surface area contributed by atoms with Gasteiger partial charge in [0.1, 0.15) is 6.29 Å². The van der Waals surface area contributed by atoms with Gasteiger partial charge in [0.15, 0.2) is 0 Å². The lowest BCUT2D eigenvalue weighted by Gasteiger charge is -2.14. The van der Waals surface area contributed by atoms with E-state index in [4.69, 9.17) is 4.74 Å². The maximum absolute atomic E-state index is 11.9. The van der Waals surface area contributed by atoms with Crippen LogP contribution in [0.1, 0.15) is 41.3 Å². The Bertz CT molecular complexity index is 539. The van der Waals surface area contributed by atoms with Gasteiger partial charge in [0.25, 0.3) is 0 Å². The summed E-state index contributed by atoms with van der Waals surface area (Å²) < 4.78 is 4.96. The number of aldehydes is 1. The van der Waals surface area contributed by atoms with E-state index in [9.17, 15) is 14.4 Å². The Labute approximate surface area is 117 Å². The third-order valence-electron chi connectivity index (χ3n) is 3.27. The number of ether oxygens (including phenoxy) is 1. The summed E-state index contributed by atoms with van der Waals surface area (Å²) >= 11 is 0. The van der Waals surface area contributed by atoms with Gasteiger partial charge in [-0.2, -0.15) is 0 Å². The zero-order chi connectivity index (χ0) is 14.5. The molecular formula is C15H17NO4. The van der Waals surface area contributed by atoms with Gasteiger partial charge in [-0.1, -0.05) is 6.07 Å². The van der Waals surface area contributed by atoms with Crippen LogP contribution in [0.15, 0.2) is 18.2 Å². The first-order chi connectivity index (χ1) is 9.65. The van der Waals surface area contributed by atoms with Crippen molar-refractivity contribution in [3.8, 4) is 0 Å². The van der Waals surface area contributed by atoms with Crippen molar-refractivity contribution in [1.29, 1.82) is 0 Å². The molecule has 0 aliphatic carbocycles. The second-order valence-corrected chi connectivity index (χ2v) is 4.66. The zero-order valence-corrected chi connectivity index (χ0v) is 11.4. The number of rotatable bonds is 5. The Morgan fingerprint density at radius 3 is 2.75 bits per heavy atom. The van der Waals surface area contributed by atoms with Gasteiger partial charge in [-0.3, -0.25) is 4.79 Å². The highest BCUT2D eigenvalue weighted by atomic mass is 16.5. The van der Waals surface area contributed by atoms with Crippen molar-refractivity contribution in [2.45, 2.75) is 32.9 Å². The molecule has 0 aromatic heterocycles. The van der Waals surface area contributed by atoms with Crippen LogP contribution in [0.2, 0.25) is 0 Å². The van der Waals surface area contributed by atoms with Gasteiger partial charge in [-0.15, -0.1) is 0 Å².